The van der Waals surface area contributed by atoms with E-state index >= 15 is 0 Å². The van der Waals surface area contributed by atoms with E-state index in [2.05, 4.69) is 15.0 Å². The van der Waals surface area contributed by atoms with Crippen molar-refractivity contribution in [1.29, 1.82) is 0 Å². The van der Waals surface area contributed by atoms with Gasteiger partial charge in [-0.25, -0.2) is 4.98 Å². The van der Waals surface area contributed by atoms with Gasteiger partial charge in [0.05, 0.1) is 5.69 Å². The predicted molar refractivity (Wildman–Crippen MR) is 98.3 cm³/mol. The fourth-order valence-corrected chi connectivity index (χ4v) is 3.24. The maximum Gasteiger partial charge on any atom is 0.387 e. The SMILES string of the molecule is Cc1sc(NC(=O)c2ccc(OC(F)F)cc2)nc1-c1ccc(Cl)cc1. The highest BCUT2D eigenvalue weighted by Gasteiger charge is 2.14. The Labute approximate surface area is 157 Å². The van der Waals surface area contributed by atoms with Crippen LogP contribution in [-0.2, 0) is 0 Å². The highest BCUT2D eigenvalue weighted by molar-refractivity contribution is 7.16. The summed E-state index contributed by atoms with van der Waals surface area (Å²) in [6.45, 7) is -0.993. The summed E-state index contributed by atoms with van der Waals surface area (Å²) in [6.07, 6.45) is 0. The fourth-order valence-electron chi connectivity index (χ4n) is 2.28. The minimum absolute atomic E-state index is 0.00772. The van der Waals surface area contributed by atoms with E-state index in [4.69, 9.17) is 11.6 Å². The zero-order valence-corrected chi connectivity index (χ0v) is 15.1. The van der Waals surface area contributed by atoms with Crippen LogP contribution in [0.3, 0.4) is 0 Å². The third-order valence-corrected chi connectivity index (χ3v) is 4.61. The molecule has 1 amide bonds. The van der Waals surface area contributed by atoms with Gasteiger partial charge in [0.25, 0.3) is 5.91 Å². The number of carbonyl (C=O) groups is 1. The van der Waals surface area contributed by atoms with Gasteiger partial charge in [-0.05, 0) is 43.3 Å². The van der Waals surface area contributed by atoms with Crippen LogP contribution in [0.1, 0.15) is 15.2 Å². The number of anilines is 1. The molecule has 0 atom stereocenters. The standard InChI is InChI=1S/C18H13ClF2N2O2S/c1-10-15(11-2-6-13(19)7-3-11)22-18(26-10)23-16(24)12-4-8-14(9-5-12)25-17(20)21/h2-9,17H,1H3,(H,22,23,24). The predicted octanol–water partition coefficient (Wildman–Crippen LogP) is 5.63. The molecule has 2 aromatic carbocycles. The van der Waals surface area contributed by atoms with Crippen molar-refractivity contribution in [3.8, 4) is 17.0 Å². The zero-order chi connectivity index (χ0) is 18.7. The Morgan fingerprint density at radius 1 is 1.15 bits per heavy atom. The molecule has 3 aromatic rings. The van der Waals surface area contributed by atoms with E-state index in [0.717, 1.165) is 16.1 Å². The second-order valence-electron chi connectivity index (χ2n) is 5.29. The molecule has 0 aliphatic carbocycles. The number of nitrogens with zero attached hydrogens (tertiary/aromatic N) is 1. The van der Waals surface area contributed by atoms with Crippen molar-refractivity contribution in [2.75, 3.05) is 5.32 Å². The van der Waals surface area contributed by atoms with Crippen molar-refractivity contribution in [1.82, 2.24) is 4.98 Å². The first kappa shape index (κ1) is 18.3. The van der Waals surface area contributed by atoms with Gasteiger partial charge in [-0.3, -0.25) is 10.1 Å². The van der Waals surface area contributed by atoms with Gasteiger partial charge in [0.1, 0.15) is 5.75 Å². The Morgan fingerprint density at radius 2 is 1.81 bits per heavy atom. The fraction of sp³-hybridized carbons (Fsp3) is 0.111. The number of benzene rings is 2. The second-order valence-corrected chi connectivity index (χ2v) is 6.93. The third kappa shape index (κ3) is 4.36. The molecule has 0 bridgehead atoms. The monoisotopic (exact) mass is 394 g/mol. The summed E-state index contributed by atoms with van der Waals surface area (Å²) in [4.78, 5) is 17.7. The van der Waals surface area contributed by atoms with E-state index in [1.54, 1.807) is 12.1 Å². The van der Waals surface area contributed by atoms with Crippen molar-refractivity contribution >= 4 is 34.0 Å². The summed E-state index contributed by atoms with van der Waals surface area (Å²) >= 11 is 7.24. The molecule has 8 heteroatoms. The van der Waals surface area contributed by atoms with E-state index in [1.165, 1.54) is 35.6 Å². The Kier molecular flexibility index (Phi) is 5.49. The van der Waals surface area contributed by atoms with Gasteiger partial charge in [-0.2, -0.15) is 8.78 Å². The maximum absolute atomic E-state index is 12.3. The summed E-state index contributed by atoms with van der Waals surface area (Å²) in [6, 6.07) is 12.7. The number of nitrogens with one attached hydrogen (secondary N) is 1. The number of thiazole rings is 1. The number of aryl methyl sites for hydroxylation is 1. The third-order valence-electron chi connectivity index (χ3n) is 3.48. The molecular formula is C18H13ClF2N2O2S. The first-order valence-corrected chi connectivity index (χ1v) is 8.71. The summed E-state index contributed by atoms with van der Waals surface area (Å²) in [7, 11) is 0. The number of carbonyl (C=O) groups excluding carboxylic acids is 1. The molecular weight excluding hydrogens is 382 g/mol. The average Bonchev–Trinajstić information content (AvgIpc) is 2.96. The summed E-state index contributed by atoms with van der Waals surface area (Å²) in [5.41, 5.74) is 1.98. The molecule has 0 saturated carbocycles. The lowest BCUT2D eigenvalue weighted by molar-refractivity contribution is -0.0498. The molecule has 0 saturated heterocycles. The molecule has 1 aromatic heterocycles. The van der Waals surface area contributed by atoms with Gasteiger partial charge >= 0.3 is 6.61 Å². The molecule has 0 aliphatic heterocycles. The van der Waals surface area contributed by atoms with Gasteiger partial charge in [0.2, 0.25) is 0 Å². The molecule has 0 spiro atoms. The van der Waals surface area contributed by atoms with E-state index in [0.29, 0.717) is 15.7 Å². The molecule has 0 unspecified atom stereocenters. The molecule has 0 fully saturated rings. The Balaban J connectivity index is 1.73. The summed E-state index contributed by atoms with van der Waals surface area (Å²) < 4.78 is 28.6. The van der Waals surface area contributed by atoms with Crippen molar-refractivity contribution in [2.45, 2.75) is 13.5 Å². The first-order valence-electron chi connectivity index (χ1n) is 7.52. The Hall–Kier alpha value is -2.51. The Bertz CT molecular complexity index is 912. The van der Waals surface area contributed by atoms with Crippen LogP contribution in [0.15, 0.2) is 48.5 Å². The minimum atomic E-state index is -2.90. The van der Waals surface area contributed by atoms with Gasteiger partial charge in [-0.15, -0.1) is 11.3 Å². The van der Waals surface area contributed by atoms with Crippen LogP contribution in [0.2, 0.25) is 5.02 Å². The highest BCUT2D eigenvalue weighted by Crippen LogP contribution is 2.31. The first-order chi connectivity index (χ1) is 12.4. The molecule has 4 nitrogen and oxygen atoms in total. The normalized spacial score (nSPS) is 10.8. The van der Waals surface area contributed by atoms with Gasteiger partial charge in [0.15, 0.2) is 5.13 Å². The molecule has 134 valence electrons. The maximum atomic E-state index is 12.3. The van der Waals surface area contributed by atoms with Gasteiger partial charge < -0.3 is 4.74 Å². The number of halogens is 3. The lowest BCUT2D eigenvalue weighted by Crippen LogP contribution is -2.11. The molecule has 0 aliphatic rings. The van der Waals surface area contributed by atoms with Crippen molar-refractivity contribution < 1.29 is 18.3 Å². The molecule has 0 radical (unpaired) electrons. The molecule has 3 rings (SSSR count). The van der Waals surface area contributed by atoms with Crippen molar-refractivity contribution in [2.24, 2.45) is 0 Å². The Morgan fingerprint density at radius 3 is 2.42 bits per heavy atom. The number of ether oxygens (including phenoxy) is 1. The molecule has 26 heavy (non-hydrogen) atoms. The van der Waals surface area contributed by atoms with Crippen molar-refractivity contribution in [3.05, 3.63) is 64.0 Å². The quantitative estimate of drug-likeness (QED) is 0.610. The number of amides is 1. The number of alkyl halides is 2. The van der Waals surface area contributed by atoms with Crippen LogP contribution in [0.25, 0.3) is 11.3 Å². The number of hydrogen-bond acceptors (Lipinski definition) is 4. The zero-order valence-electron chi connectivity index (χ0n) is 13.5. The minimum Gasteiger partial charge on any atom is -0.435 e. The lowest BCUT2D eigenvalue weighted by Gasteiger charge is -2.05. The highest BCUT2D eigenvalue weighted by atomic mass is 35.5. The lowest BCUT2D eigenvalue weighted by atomic mass is 10.1. The van der Waals surface area contributed by atoms with Crippen LogP contribution in [0, 0.1) is 6.92 Å². The van der Waals surface area contributed by atoms with E-state index < -0.39 is 6.61 Å². The van der Waals surface area contributed by atoms with Gasteiger partial charge in [-0.1, -0.05) is 23.7 Å². The second kappa shape index (κ2) is 7.80. The molecule has 1 heterocycles. The van der Waals surface area contributed by atoms with Crippen molar-refractivity contribution in [3.63, 3.8) is 0 Å². The van der Waals surface area contributed by atoms with Crippen LogP contribution >= 0.6 is 22.9 Å². The van der Waals surface area contributed by atoms with Crippen LogP contribution in [-0.4, -0.2) is 17.5 Å². The number of aromatic nitrogens is 1. The van der Waals surface area contributed by atoms with E-state index in [1.807, 2.05) is 19.1 Å². The smallest absolute Gasteiger partial charge is 0.387 e. The summed E-state index contributed by atoms with van der Waals surface area (Å²) in [5.74, 6) is -0.392. The van der Waals surface area contributed by atoms with E-state index in [9.17, 15) is 13.6 Å². The van der Waals surface area contributed by atoms with Gasteiger partial charge in [0, 0.05) is 21.0 Å². The largest absolute Gasteiger partial charge is 0.435 e. The molecule has 1 N–H and O–H groups in total. The van der Waals surface area contributed by atoms with E-state index in [-0.39, 0.29) is 11.7 Å². The van der Waals surface area contributed by atoms with Crippen LogP contribution in [0.4, 0.5) is 13.9 Å². The number of rotatable bonds is 5. The number of hydrogen-bond donors (Lipinski definition) is 1. The van der Waals surface area contributed by atoms with Crippen LogP contribution < -0.4 is 10.1 Å². The van der Waals surface area contributed by atoms with Crippen LogP contribution in [0.5, 0.6) is 5.75 Å². The topological polar surface area (TPSA) is 51.2 Å². The average molecular weight is 395 g/mol. The summed E-state index contributed by atoms with van der Waals surface area (Å²) in [5, 5.41) is 3.80.